The van der Waals surface area contributed by atoms with E-state index in [1.807, 2.05) is 11.8 Å². The van der Waals surface area contributed by atoms with Crippen LogP contribution in [0.25, 0.3) is 0 Å². The fourth-order valence-electron chi connectivity index (χ4n) is 1.78. The number of amides is 1. The molecule has 0 radical (unpaired) electrons. The van der Waals surface area contributed by atoms with Crippen LogP contribution >= 0.6 is 0 Å². The Hall–Kier alpha value is -1.91. The minimum Gasteiger partial charge on any atom is -0.368 e. The maximum atomic E-state index is 11.1. The number of carbonyl (C=O) groups is 2. The quantitative estimate of drug-likeness (QED) is 0.739. The standard InChI is InChI=1S/C13H19N3O2/c1-3-4-5-16(8-12(14)18)13-10(2)6-11(9-17)7-15-13/h6-7,9H,3-5,8H2,1-2H3,(H2,14,18). The van der Waals surface area contributed by atoms with Crippen LogP contribution in [0.3, 0.4) is 0 Å². The molecule has 1 aromatic rings. The predicted octanol–water partition coefficient (Wildman–Crippen LogP) is 1.29. The van der Waals surface area contributed by atoms with E-state index < -0.39 is 0 Å². The number of aryl methyl sites for hydroxylation is 1. The Morgan fingerprint density at radius 3 is 2.78 bits per heavy atom. The molecule has 0 aromatic carbocycles. The maximum absolute atomic E-state index is 11.1. The molecule has 0 saturated carbocycles. The molecule has 0 unspecified atom stereocenters. The third-order valence-corrected chi connectivity index (χ3v) is 2.64. The van der Waals surface area contributed by atoms with Gasteiger partial charge in [-0.1, -0.05) is 13.3 Å². The second-order valence-corrected chi connectivity index (χ2v) is 4.27. The number of primary amides is 1. The highest BCUT2D eigenvalue weighted by molar-refractivity contribution is 5.80. The minimum absolute atomic E-state index is 0.147. The van der Waals surface area contributed by atoms with Gasteiger partial charge in [-0.15, -0.1) is 0 Å². The van der Waals surface area contributed by atoms with Crippen LogP contribution in [0.5, 0.6) is 0 Å². The van der Waals surface area contributed by atoms with E-state index in [-0.39, 0.29) is 12.5 Å². The van der Waals surface area contributed by atoms with Crippen molar-refractivity contribution in [1.29, 1.82) is 0 Å². The maximum Gasteiger partial charge on any atom is 0.236 e. The van der Waals surface area contributed by atoms with Crippen LogP contribution in [0.1, 0.15) is 35.7 Å². The van der Waals surface area contributed by atoms with E-state index >= 15 is 0 Å². The molecule has 0 atom stereocenters. The van der Waals surface area contributed by atoms with Gasteiger partial charge < -0.3 is 10.6 Å². The third kappa shape index (κ3) is 3.84. The predicted molar refractivity (Wildman–Crippen MR) is 70.7 cm³/mol. The molecule has 5 nitrogen and oxygen atoms in total. The van der Waals surface area contributed by atoms with Gasteiger partial charge in [0.25, 0.3) is 0 Å². The van der Waals surface area contributed by atoms with Crippen molar-refractivity contribution in [1.82, 2.24) is 4.98 Å². The van der Waals surface area contributed by atoms with Crippen molar-refractivity contribution in [3.8, 4) is 0 Å². The highest BCUT2D eigenvalue weighted by Gasteiger charge is 2.13. The summed E-state index contributed by atoms with van der Waals surface area (Å²) in [6.07, 6.45) is 4.26. The summed E-state index contributed by atoms with van der Waals surface area (Å²) < 4.78 is 0. The molecule has 18 heavy (non-hydrogen) atoms. The number of hydrogen-bond acceptors (Lipinski definition) is 4. The summed E-state index contributed by atoms with van der Waals surface area (Å²) in [6.45, 7) is 4.83. The number of nitrogens with two attached hydrogens (primary N) is 1. The zero-order chi connectivity index (χ0) is 13.5. The molecule has 0 aliphatic carbocycles. The average molecular weight is 249 g/mol. The number of pyridine rings is 1. The summed E-state index contributed by atoms with van der Waals surface area (Å²) in [5.74, 6) is 0.333. The van der Waals surface area contributed by atoms with Crippen molar-refractivity contribution in [2.24, 2.45) is 5.73 Å². The molecule has 1 heterocycles. The lowest BCUT2D eigenvalue weighted by atomic mass is 10.2. The summed E-state index contributed by atoms with van der Waals surface area (Å²) in [6, 6.07) is 1.76. The first-order chi connectivity index (χ1) is 8.58. The lowest BCUT2D eigenvalue weighted by molar-refractivity contribution is -0.116. The SMILES string of the molecule is CCCCN(CC(N)=O)c1ncc(C=O)cc1C. The molecule has 1 rings (SSSR count). The van der Waals surface area contributed by atoms with E-state index in [4.69, 9.17) is 5.73 Å². The summed E-state index contributed by atoms with van der Waals surface area (Å²) in [5, 5.41) is 0. The fraction of sp³-hybridized carbons (Fsp3) is 0.462. The van der Waals surface area contributed by atoms with E-state index in [0.717, 1.165) is 31.2 Å². The van der Waals surface area contributed by atoms with Crippen LogP contribution in [0.15, 0.2) is 12.3 Å². The molecule has 0 saturated heterocycles. The second-order valence-electron chi connectivity index (χ2n) is 4.27. The van der Waals surface area contributed by atoms with Crippen molar-refractivity contribution in [2.75, 3.05) is 18.0 Å². The van der Waals surface area contributed by atoms with Gasteiger partial charge in [-0.05, 0) is 25.0 Å². The first-order valence-electron chi connectivity index (χ1n) is 6.03. The minimum atomic E-state index is -0.383. The Kier molecular flexibility index (Phi) is 5.30. The number of unbranched alkanes of at least 4 members (excludes halogenated alkanes) is 1. The second kappa shape index (κ2) is 6.74. The molecule has 0 aliphatic heterocycles. The third-order valence-electron chi connectivity index (χ3n) is 2.64. The van der Waals surface area contributed by atoms with Gasteiger partial charge in [0.05, 0.1) is 6.54 Å². The summed E-state index contributed by atoms with van der Waals surface area (Å²) >= 11 is 0. The number of aldehydes is 1. The Labute approximate surface area is 107 Å². The number of rotatable bonds is 7. The van der Waals surface area contributed by atoms with Gasteiger partial charge in [-0.2, -0.15) is 0 Å². The monoisotopic (exact) mass is 249 g/mol. The summed E-state index contributed by atoms with van der Waals surface area (Å²) in [5.41, 5.74) is 6.65. The topological polar surface area (TPSA) is 76.3 Å². The Bertz CT molecular complexity index is 432. The largest absolute Gasteiger partial charge is 0.368 e. The van der Waals surface area contributed by atoms with Crippen molar-refractivity contribution in [2.45, 2.75) is 26.7 Å². The Morgan fingerprint density at radius 1 is 1.56 bits per heavy atom. The average Bonchev–Trinajstić information content (AvgIpc) is 2.34. The number of carbonyl (C=O) groups excluding carboxylic acids is 2. The first kappa shape index (κ1) is 14.2. The summed E-state index contributed by atoms with van der Waals surface area (Å²) in [4.78, 5) is 27.8. The molecule has 0 fully saturated rings. The van der Waals surface area contributed by atoms with Gasteiger partial charge in [0.2, 0.25) is 5.91 Å². The number of aromatic nitrogens is 1. The van der Waals surface area contributed by atoms with Crippen LogP contribution in [-0.4, -0.2) is 30.3 Å². The van der Waals surface area contributed by atoms with E-state index in [0.29, 0.717) is 11.4 Å². The van der Waals surface area contributed by atoms with Gasteiger partial charge in [-0.3, -0.25) is 9.59 Å². The summed E-state index contributed by atoms with van der Waals surface area (Å²) in [7, 11) is 0. The normalized spacial score (nSPS) is 10.1. The lowest BCUT2D eigenvalue weighted by Gasteiger charge is -2.23. The van der Waals surface area contributed by atoms with E-state index in [9.17, 15) is 9.59 Å². The zero-order valence-electron chi connectivity index (χ0n) is 10.8. The van der Waals surface area contributed by atoms with Crippen LogP contribution < -0.4 is 10.6 Å². The van der Waals surface area contributed by atoms with Gasteiger partial charge >= 0.3 is 0 Å². The number of hydrogen-bond donors (Lipinski definition) is 1. The molecular formula is C13H19N3O2. The Balaban J connectivity index is 2.96. The molecule has 1 amide bonds. The van der Waals surface area contributed by atoms with Crippen molar-refractivity contribution in [3.05, 3.63) is 23.4 Å². The highest BCUT2D eigenvalue weighted by atomic mass is 16.1. The molecule has 0 bridgehead atoms. The van der Waals surface area contributed by atoms with Crippen LogP contribution in [0.4, 0.5) is 5.82 Å². The molecule has 1 aromatic heterocycles. The van der Waals surface area contributed by atoms with Gasteiger partial charge in [0.1, 0.15) is 5.82 Å². The van der Waals surface area contributed by atoms with Gasteiger partial charge in [-0.25, -0.2) is 4.98 Å². The van der Waals surface area contributed by atoms with E-state index in [1.165, 1.54) is 6.20 Å². The first-order valence-corrected chi connectivity index (χ1v) is 6.03. The number of nitrogens with zero attached hydrogens (tertiary/aromatic N) is 2. The van der Waals surface area contributed by atoms with E-state index in [1.54, 1.807) is 6.07 Å². The van der Waals surface area contributed by atoms with Gasteiger partial charge in [0, 0.05) is 18.3 Å². The van der Waals surface area contributed by atoms with E-state index in [2.05, 4.69) is 11.9 Å². The molecule has 0 aliphatic rings. The fourth-order valence-corrected chi connectivity index (χ4v) is 1.78. The molecule has 98 valence electrons. The highest BCUT2D eigenvalue weighted by Crippen LogP contribution is 2.17. The van der Waals surface area contributed by atoms with Crippen molar-refractivity contribution >= 4 is 18.0 Å². The zero-order valence-corrected chi connectivity index (χ0v) is 10.8. The van der Waals surface area contributed by atoms with Crippen LogP contribution in [0.2, 0.25) is 0 Å². The number of anilines is 1. The molecule has 5 heteroatoms. The molecule has 0 spiro atoms. The van der Waals surface area contributed by atoms with Crippen LogP contribution in [-0.2, 0) is 4.79 Å². The van der Waals surface area contributed by atoms with Crippen molar-refractivity contribution < 1.29 is 9.59 Å². The molecular weight excluding hydrogens is 230 g/mol. The smallest absolute Gasteiger partial charge is 0.236 e. The van der Waals surface area contributed by atoms with Crippen molar-refractivity contribution in [3.63, 3.8) is 0 Å². The Morgan fingerprint density at radius 2 is 2.28 bits per heavy atom. The van der Waals surface area contributed by atoms with Gasteiger partial charge in [0.15, 0.2) is 6.29 Å². The molecule has 2 N–H and O–H groups in total. The van der Waals surface area contributed by atoms with Crippen LogP contribution in [0, 0.1) is 6.92 Å². The lowest BCUT2D eigenvalue weighted by Crippen LogP contribution is -2.35.